The fourth-order valence-electron chi connectivity index (χ4n) is 4.61. The molecule has 2 aromatic rings. The molecule has 1 aliphatic heterocycles. The van der Waals surface area contributed by atoms with Gasteiger partial charge in [0, 0.05) is 19.6 Å². The highest BCUT2D eigenvalue weighted by molar-refractivity contribution is 8.00. The van der Waals surface area contributed by atoms with Crippen LogP contribution in [0.4, 0.5) is 10.2 Å². The normalized spacial score (nSPS) is 16.6. The predicted octanol–water partition coefficient (Wildman–Crippen LogP) is 4.70. The fourth-order valence-corrected chi connectivity index (χ4v) is 5.67. The summed E-state index contributed by atoms with van der Waals surface area (Å²) in [6, 6.07) is 10.1. The van der Waals surface area contributed by atoms with E-state index in [1.807, 2.05) is 6.92 Å². The molecule has 2 heterocycles. The smallest absolute Gasteiger partial charge is 0.235 e. The van der Waals surface area contributed by atoms with Crippen molar-refractivity contribution in [2.24, 2.45) is 17.1 Å². The van der Waals surface area contributed by atoms with Gasteiger partial charge in [-0.25, -0.2) is 9.37 Å². The van der Waals surface area contributed by atoms with Gasteiger partial charge in [0.2, 0.25) is 5.91 Å². The number of carbonyl (C=O) groups excluding carboxylic acids is 1. The van der Waals surface area contributed by atoms with E-state index in [4.69, 9.17) is 10.7 Å². The molecule has 3 N–H and O–H groups in total. The van der Waals surface area contributed by atoms with Crippen LogP contribution in [0.3, 0.4) is 0 Å². The van der Waals surface area contributed by atoms with Crippen molar-refractivity contribution in [1.82, 2.24) is 10.3 Å². The number of aromatic nitrogens is 1. The van der Waals surface area contributed by atoms with E-state index in [2.05, 4.69) is 43.1 Å². The number of rotatable bonds is 9. The highest BCUT2D eigenvalue weighted by atomic mass is 32.2. The van der Waals surface area contributed by atoms with Crippen molar-refractivity contribution in [3.8, 4) is 12.1 Å². The zero-order valence-electron chi connectivity index (χ0n) is 22.0. The van der Waals surface area contributed by atoms with E-state index in [9.17, 15) is 19.7 Å². The standard InChI is InChI=1S/C28H35FN6OS/c1-5-21-22(13-30)26(35-12-6-7-18(16-35)15-33-17-28(2,3)4)34-27(23(21)14-31)37-24(25(32)36)19-8-10-20(29)11-9-19/h8-11,18,24,33H,5-7,12,15-17H2,1-4H3,(H2,32,36)/t18-,24?/m1/s1. The fraction of sp³-hybridized carbons (Fsp3) is 0.500. The van der Waals surface area contributed by atoms with Crippen LogP contribution in [0.1, 0.15) is 68.0 Å². The maximum absolute atomic E-state index is 13.5. The van der Waals surface area contributed by atoms with E-state index in [0.717, 1.165) is 50.8 Å². The Labute approximate surface area is 223 Å². The maximum atomic E-state index is 13.5. The number of piperidine rings is 1. The van der Waals surface area contributed by atoms with Gasteiger partial charge in [-0.05, 0) is 60.4 Å². The van der Waals surface area contributed by atoms with E-state index in [1.165, 1.54) is 24.3 Å². The molecule has 0 radical (unpaired) electrons. The van der Waals surface area contributed by atoms with Crippen LogP contribution in [-0.2, 0) is 11.2 Å². The highest BCUT2D eigenvalue weighted by Gasteiger charge is 2.29. The van der Waals surface area contributed by atoms with Gasteiger partial charge in [-0.1, -0.05) is 51.6 Å². The van der Waals surface area contributed by atoms with Crippen LogP contribution in [0.2, 0.25) is 0 Å². The van der Waals surface area contributed by atoms with Gasteiger partial charge in [0.05, 0.1) is 11.1 Å². The summed E-state index contributed by atoms with van der Waals surface area (Å²) in [7, 11) is 0. The van der Waals surface area contributed by atoms with Crippen LogP contribution < -0.4 is 16.0 Å². The third kappa shape index (κ3) is 7.21. The Kier molecular flexibility index (Phi) is 9.53. The molecule has 0 bridgehead atoms. The van der Waals surface area contributed by atoms with E-state index in [0.29, 0.717) is 39.9 Å². The van der Waals surface area contributed by atoms with Crippen molar-refractivity contribution in [3.05, 3.63) is 52.3 Å². The average Bonchev–Trinajstić information content (AvgIpc) is 2.86. The number of hydrogen-bond donors (Lipinski definition) is 2. The molecule has 0 spiro atoms. The van der Waals surface area contributed by atoms with Crippen LogP contribution in [0.5, 0.6) is 0 Å². The maximum Gasteiger partial charge on any atom is 0.235 e. The zero-order valence-corrected chi connectivity index (χ0v) is 22.8. The number of primary amides is 1. The second kappa shape index (κ2) is 12.4. The van der Waals surface area contributed by atoms with E-state index in [1.54, 1.807) is 0 Å². The molecule has 1 unspecified atom stereocenters. The van der Waals surface area contributed by atoms with Gasteiger partial charge >= 0.3 is 0 Å². The number of thioether (sulfide) groups is 1. The Balaban J connectivity index is 1.98. The molecular weight excluding hydrogens is 487 g/mol. The van der Waals surface area contributed by atoms with Crippen molar-refractivity contribution in [2.75, 3.05) is 31.1 Å². The Morgan fingerprint density at radius 1 is 1.27 bits per heavy atom. The first-order valence-corrected chi connectivity index (χ1v) is 13.5. The Morgan fingerprint density at radius 3 is 2.51 bits per heavy atom. The molecule has 1 fully saturated rings. The zero-order chi connectivity index (χ0) is 27.2. The van der Waals surface area contributed by atoms with Crippen LogP contribution in [0, 0.1) is 39.8 Å². The summed E-state index contributed by atoms with van der Waals surface area (Å²) >= 11 is 1.07. The van der Waals surface area contributed by atoms with Crippen LogP contribution in [-0.4, -0.2) is 37.1 Å². The summed E-state index contributed by atoms with van der Waals surface area (Å²) in [5.74, 6) is -0.0878. The second-order valence-corrected chi connectivity index (χ2v) is 11.7. The quantitative estimate of drug-likeness (QED) is 0.458. The van der Waals surface area contributed by atoms with Crippen LogP contribution in [0.25, 0.3) is 0 Å². The molecule has 1 aromatic carbocycles. The van der Waals surface area contributed by atoms with E-state index < -0.39 is 17.0 Å². The lowest BCUT2D eigenvalue weighted by Gasteiger charge is -2.35. The first-order valence-electron chi connectivity index (χ1n) is 12.6. The Hall–Kier alpha value is -3.14. The van der Waals surface area contributed by atoms with Gasteiger partial charge in [0.15, 0.2) is 0 Å². The first-order chi connectivity index (χ1) is 17.6. The minimum Gasteiger partial charge on any atom is -0.368 e. The van der Waals surface area contributed by atoms with E-state index in [-0.39, 0.29) is 11.0 Å². The number of nitrogens with one attached hydrogen (secondary N) is 1. The van der Waals surface area contributed by atoms with Gasteiger partial charge in [0.25, 0.3) is 0 Å². The van der Waals surface area contributed by atoms with Crippen molar-refractivity contribution < 1.29 is 9.18 Å². The molecule has 37 heavy (non-hydrogen) atoms. The van der Waals surface area contributed by atoms with Crippen molar-refractivity contribution in [3.63, 3.8) is 0 Å². The number of hydrogen-bond acceptors (Lipinski definition) is 7. The number of nitrogens with zero attached hydrogens (tertiary/aromatic N) is 4. The Morgan fingerprint density at radius 2 is 1.95 bits per heavy atom. The summed E-state index contributed by atoms with van der Waals surface area (Å²) in [6.07, 6.45) is 2.53. The number of halogens is 1. The topological polar surface area (TPSA) is 119 Å². The molecule has 7 nitrogen and oxygen atoms in total. The number of nitrogens with two attached hydrogens (primary N) is 1. The summed E-state index contributed by atoms with van der Waals surface area (Å²) < 4.78 is 13.5. The number of anilines is 1. The second-order valence-electron chi connectivity index (χ2n) is 10.6. The van der Waals surface area contributed by atoms with Gasteiger partial charge in [0.1, 0.15) is 34.0 Å². The molecule has 1 amide bonds. The molecule has 1 aromatic heterocycles. The first kappa shape index (κ1) is 28.4. The molecule has 9 heteroatoms. The molecular formula is C28H35FN6OS. The summed E-state index contributed by atoms with van der Waals surface area (Å²) in [5, 5.41) is 23.2. The minimum absolute atomic E-state index is 0.195. The van der Waals surface area contributed by atoms with Gasteiger partial charge < -0.3 is 16.0 Å². The van der Waals surface area contributed by atoms with Gasteiger partial charge in [-0.15, -0.1) is 0 Å². The monoisotopic (exact) mass is 522 g/mol. The number of pyridine rings is 1. The average molecular weight is 523 g/mol. The molecule has 0 aliphatic carbocycles. The molecule has 1 saturated heterocycles. The minimum atomic E-state index is -0.860. The SMILES string of the molecule is CCc1c(C#N)c(SC(C(N)=O)c2ccc(F)cc2)nc(N2CCC[C@H](CNCC(C)(C)C)C2)c1C#N. The number of carbonyl (C=O) groups is 1. The third-order valence-electron chi connectivity index (χ3n) is 6.39. The number of amides is 1. The van der Waals surface area contributed by atoms with Crippen LogP contribution >= 0.6 is 11.8 Å². The lowest BCUT2D eigenvalue weighted by atomic mass is 9.94. The summed E-state index contributed by atoms with van der Waals surface area (Å²) in [6.45, 7) is 11.8. The third-order valence-corrected chi connectivity index (χ3v) is 7.65. The lowest BCUT2D eigenvalue weighted by molar-refractivity contribution is -0.117. The van der Waals surface area contributed by atoms with Crippen LogP contribution in [0.15, 0.2) is 29.3 Å². The van der Waals surface area contributed by atoms with E-state index >= 15 is 0 Å². The van der Waals surface area contributed by atoms with Crippen molar-refractivity contribution in [2.45, 2.75) is 57.2 Å². The molecule has 2 atom stereocenters. The largest absolute Gasteiger partial charge is 0.368 e. The van der Waals surface area contributed by atoms with Crippen molar-refractivity contribution in [1.29, 1.82) is 10.5 Å². The number of benzene rings is 1. The lowest BCUT2D eigenvalue weighted by Crippen LogP contribution is -2.42. The van der Waals surface area contributed by atoms with Gasteiger partial charge in [-0.3, -0.25) is 4.79 Å². The van der Waals surface area contributed by atoms with Crippen molar-refractivity contribution >= 4 is 23.5 Å². The molecule has 1 aliphatic rings. The molecule has 3 rings (SSSR count). The predicted molar refractivity (Wildman–Crippen MR) is 144 cm³/mol. The molecule has 0 saturated carbocycles. The summed E-state index contributed by atoms with van der Waals surface area (Å²) in [4.78, 5) is 19.3. The van der Waals surface area contributed by atoms with Gasteiger partial charge in [-0.2, -0.15) is 10.5 Å². The summed E-state index contributed by atoms with van der Waals surface area (Å²) in [5.41, 5.74) is 7.74. The highest BCUT2D eigenvalue weighted by Crippen LogP contribution is 2.40. The Bertz CT molecular complexity index is 1200. The molecule has 196 valence electrons. The number of nitriles is 2.